The predicted octanol–water partition coefficient (Wildman–Crippen LogP) is 5.21. The van der Waals surface area contributed by atoms with Crippen molar-refractivity contribution in [3.63, 3.8) is 0 Å². The van der Waals surface area contributed by atoms with Gasteiger partial charge in [-0.1, -0.05) is 62.9 Å². The third-order valence-electron chi connectivity index (χ3n) is 4.42. The molecule has 6 heteroatoms. The van der Waals surface area contributed by atoms with E-state index in [9.17, 15) is 9.59 Å². The molecule has 1 aromatic rings. The smallest absolute Gasteiger partial charge is 0.329 e. The lowest BCUT2D eigenvalue weighted by Crippen LogP contribution is -2.43. The van der Waals surface area contributed by atoms with Crippen LogP contribution in [-0.4, -0.2) is 35.2 Å². The Kier molecular flexibility index (Phi) is 8.79. The summed E-state index contributed by atoms with van der Waals surface area (Å²) in [5, 5.41) is 0.387. The second kappa shape index (κ2) is 10.8. The van der Waals surface area contributed by atoms with E-state index in [2.05, 4.69) is 6.92 Å². The van der Waals surface area contributed by atoms with Crippen molar-refractivity contribution in [2.75, 3.05) is 12.4 Å². The van der Waals surface area contributed by atoms with E-state index in [0.29, 0.717) is 23.8 Å². The van der Waals surface area contributed by atoms with Gasteiger partial charge in [-0.3, -0.25) is 4.79 Å². The van der Waals surface area contributed by atoms with Crippen LogP contribution < -0.4 is 0 Å². The van der Waals surface area contributed by atoms with Crippen molar-refractivity contribution in [3.05, 3.63) is 34.9 Å². The van der Waals surface area contributed by atoms with Crippen LogP contribution in [0, 0.1) is 0 Å². The number of amides is 1. The van der Waals surface area contributed by atoms with Gasteiger partial charge in [0.05, 0.1) is 6.61 Å². The van der Waals surface area contributed by atoms with Gasteiger partial charge in [0, 0.05) is 22.8 Å². The highest BCUT2D eigenvalue weighted by Gasteiger charge is 2.43. The highest BCUT2D eigenvalue weighted by Crippen LogP contribution is 2.44. The van der Waals surface area contributed by atoms with Crippen molar-refractivity contribution in [2.45, 2.75) is 63.8 Å². The monoisotopic (exact) mass is 397 g/mol. The van der Waals surface area contributed by atoms with Gasteiger partial charge in [-0.25, -0.2) is 4.79 Å². The van der Waals surface area contributed by atoms with E-state index in [1.54, 1.807) is 16.7 Å². The highest BCUT2D eigenvalue weighted by atomic mass is 35.5. The summed E-state index contributed by atoms with van der Waals surface area (Å²) >= 11 is 7.94. The molecule has 1 fully saturated rings. The minimum atomic E-state index is -0.536. The summed E-state index contributed by atoms with van der Waals surface area (Å²) in [5.41, 5.74) is 0.881. The van der Waals surface area contributed by atoms with Gasteiger partial charge in [0.1, 0.15) is 11.4 Å². The zero-order valence-electron chi connectivity index (χ0n) is 15.6. The third-order valence-corrected chi connectivity index (χ3v) is 6.07. The molecule has 2 rings (SSSR count). The molecule has 4 nitrogen and oxygen atoms in total. The SMILES string of the molecule is CCCCCCC(=O)N1[C@@H](C(=O)OCCC)CS[C@H]1c1ccccc1Cl. The normalized spacial score (nSPS) is 19.6. The molecular weight excluding hydrogens is 370 g/mol. The number of unbranched alkanes of at least 4 members (excludes halogenated alkanes) is 3. The molecule has 2 atom stereocenters. The third kappa shape index (κ3) is 5.40. The molecular formula is C20H28ClNO3S. The fourth-order valence-corrected chi connectivity index (χ4v) is 4.81. The van der Waals surface area contributed by atoms with E-state index in [1.165, 1.54) is 0 Å². The summed E-state index contributed by atoms with van der Waals surface area (Å²) in [4.78, 5) is 27.2. The first-order valence-corrected chi connectivity index (χ1v) is 10.9. The van der Waals surface area contributed by atoms with Gasteiger partial charge in [-0.05, 0) is 18.9 Å². The summed E-state index contributed by atoms with van der Waals surface area (Å²) in [6, 6.07) is 7.00. The summed E-state index contributed by atoms with van der Waals surface area (Å²) in [6.07, 6.45) is 5.36. The molecule has 0 bridgehead atoms. The van der Waals surface area contributed by atoms with Crippen LogP contribution in [0.1, 0.15) is 63.3 Å². The molecule has 1 amide bonds. The fourth-order valence-electron chi connectivity index (χ4n) is 3.04. The van der Waals surface area contributed by atoms with Crippen LogP contribution in [0.5, 0.6) is 0 Å². The van der Waals surface area contributed by atoms with Crippen molar-refractivity contribution in [1.82, 2.24) is 4.90 Å². The van der Waals surface area contributed by atoms with E-state index in [-0.39, 0.29) is 17.3 Å². The number of ether oxygens (including phenoxy) is 1. The molecule has 26 heavy (non-hydrogen) atoms. The van der Waals surface area contributed by atoms with Crippen LogP contribution in [0.4, 0.5) is 0 Å². The maximum Gasteiger partial charge on any atom is 0.329 e. The fraction of sp³-hybridized carbons (Fsp3) is 0.600. The number of esters is 1. The minimum absolute atomic E-state index is 0.00877. The van der Waals surface area contributed by atoms with Crippen LogP contribution >= 0.6 is 23.4 Å². The van der Waals surface area contributed by atoms with Crippen molar-refractivity contribution in [3.8, 4) is 0 Å². The Labute approximate surface area is 165 Å². The van der Waals surface area contributed by atoms with Crippen LogP contribution in [-0.2, 0) is 14.3 Å². The molecule has 1 aliphatic rings. The summed E-state index contributed by atoms with van der Waals surface area (Å²) < 4.78 is 5.33. The number of rotatable bonds is 9. The van der Waals surface area contributed by atoms with E-state index >= 15 is 0 Å². The van der Waals surface area contributed by atoms with Crippen molar-refractivity contribution < 1.29 is 14.3 Å². The van der Waals surface area contributed by atoms with Crippen LogP contribution in [0.15, 0.2) is 24.3 Å². The van der Waals surface area contributed by atoms with Gasteiger partial charge in [0.15, 0.2) is 0 Å². The molecule has 1 aromatic carbocycles. The molecule has 0 unspecified atom stereocenters. The number of thioether (sulfide) groups is 1. The number of benzene rings is 1. The Morgan fingerprint density at radius 1 is 1.19 bits per heavy atom. The van der Waals surface area contributed by atoms with Gasteiger partial charge >= 0.3 is 5.97 Å². The molecule has 0 saturated carbocycles. The van der Waals surface area contributed by atoms with Gasteiger partial charge in [0.2, 0.25) is 5.91 Å². The topological polar surface area (TPSA) is 46.6 Å². The van der Waals surface area contributed by atoms with Crippen LogP contribution in [0.25, 0.3) is 0 Å². The highest BCUT2D eigenvalue weighted by molar-refractivity contribution is 7.99. The largest absolute Gasteiger partial charge is 0.464 e. The molecule has 0 spiro atoms. The Bertz CT molecular complexity index is 610. The first-order valence-electron chi connectivity index (χ1n) is 9.44. The second-order valence-corrected chi connectivity index (χ2v) is 8.02. The second-order valence-electron chi connectivity index (χ2n) is 6.50. The first-order chi connectivity index (χ1) is 12.6. The molecule has 0 N–H and O–H groups in total. The zero-order valence-corrected chi connectivity index (χ0v) is 17.2. The van der Waals surface area contributed by atoms with Crippen LogP contribution in [0.3, 0.4) is 0 Å². The lowest BCUT2D eigenvalue weighted by molar-refractivity contribution is -0.154. The van der Waals surface area contributed by atoms with Gasteiger partial charge in [0.25, 0.3) is 0 Å². The lowest BCUT2D eigenvalue weighted by Gasteiger charge is -2.29. The van der Waals surface area contributed by atoms with Crippen molar-refractivity contribution in [1.29, 1.82) is 0 Å². The Balaban J connectivity index is 2.17. The number of halogens is 1. The molecule has 0 radical (unpaired) electrons. The molecule has 0 aromatic heterocycles. The van der Waals surface area contributed by atoms with Crippen LogP contribution in [0.2, 0.25) is 5.02 Å². The van der Waals surface area contributed by atoms with E-state index < -0.39 is 6.04 Å². The maximum absolute atomic E-state index is 13.0. The number of hydrogen-bond donors (Lipinski definition) is 0. The van der Waals surface area contributed by atoms with E-state index in [4.69, 9.17) is 16.3 Å². The average molecular weight is 398 g/mol. The molecule has 144 valence electrons. The molecule has 1 aliphatic heterocycles. The molecule has 0 aliphatic carbocycles. The number of carbonyl (C=O) groups excluding carboxylic acids is 2. The first kappa shape index (κ1) is 21.1. The zero-order chi connectivity index (χ0) is 18.9. The van der Waals surface area contributed by atoms with Crippen molar-refractivity contribution >= 4 is 35.2 Å². The number of nitrogens with zero attached hydrogens (tertiary/aromatic N) is 1. The maximum atomic E-state index is 13.0. The molecule has 1 heterocycles. The Hall–Kier alpha value is -1.20. The quantitative estimate of drug-likeness (QED) is 0.424. The molecule has 1 saturated heterocycles. The summed E-state index contributed by atoms with van der Waals surface area (Å²) in [7, 11) is 0. The van der Waals surface area contributed by atoms with Crippen molar-refractivity contribution in [2.24, 2.45) is 0 Å². The summed E-state index contributed by atoms with van der Waals surface area (Å²) in [5.74, 6) is 0.240. The Morgan fingerprint density at radius 3 is 2.65 bits per heavy atom. The van der Waals surface area contributed by atoms with E-state index in [1.807, 2.05) is 31.2 Å². The standard InChI is InChI=1S/C20H28ClNO3S/c1-3-5-6-7-12-18(23)22-17(20(24)25-13-4-2)14-26-19(22)15-10-8-9-11-16(15)21/h8-11,17,19H,3-7,12-14H2,1-2H3/t17-,19+/m1/s1. The number of hydrogen-bond acceptors (Lipinski definition) is 4. The predicted molar refractivity (Wildman–Crippen MR) is 107 cm³/mol. The Morgan fingerprint density at radius 2 is 1.96 bits per heavy atom. The van der Waals surface area contributed by atoms with Gasteiger partial charge in [-0.2, -0.15) is 0 Å². The van der Waals surface area contributed by atoms with E-state index in [0.717, 1.165) is 37.7 Å². The average Bonchev–Trinajstić information content (AvgIpc) is 3.08. The number of carbonyl (C=O) groups is 2. The minimum Gasteiger partial charge on any atom is -0.464 e. The summed E-state index contributed by atoms with van der Waals surface area (Å²) in [6.45, 7) is 4.49. The van der Waals surface area contributed by atoms with Gasteiger partial charge < -0.3 is 9.64 Å². The van der Waals surface area contributed by atoms with Gasteiger partial charge in [-0.15, -0.1) is 11.8 Å². The lowest BCUT2D eigenvalue weighted by atomic mass is 10.1.